The van der Waals surface area contributed by atoms with Gasteiger partial charge in [-0.15, -0.1) is 0 Å². The zero-order valence-corrected chi connectivity index (χ0v) is 16.0. The molecule has 8 heteroatoms. The van der Waals surface area contributed by atoms with E-state index in [1.54, 1.807) is 18.2 Å². The summed E-state index contributed by atoms with van der Waals surface area (Å²) in [4.78, 5) is 16.4. The number of benzene rings is 2. The Labute approximate surface area is 162 Å². The second kappa shape index (κ2) is 6.99. The van der Waals surface area contributed by atoms with Gasteiger partial charge in [-0.25, -0.2) is 8.42 Å². The summed E-state index contributed by atoms with van der Waals surface area (Å²) < 4.78 is 27.5. The number of rotatable bonds is 3. The van der Waals surface area contributed by atoms with Crippen molar-refractivity contribution in [3.63, 3.8) is 0 Å². The average molecular weight is 404 g/mol. The number of nitrogens with one attached hydrogen (secondary N) is 1. The minimum absolute atomic E-state index is 0.213. The fourth-order valence-corrected chi connectivity index (χ4v) is 4.94. The lowest BCUT2D eigenvalue weighted by Crippen LogP contribution is -2.48. The van der Waals surface area contributed by atoms with E-state index in [0.717, 1.165) is 5.69 Å². The summed E-state index contributed by atoms with van der Waals surface area (Å²) in [6.45, 7) is 2.00. The number of aromatic amines is 1. The number of hydrogen-bond acceptors (Lipinski definition) is 4. The Morgan fingerprint density at radius 2 is 1.70 bits per heavy atom. The van der Waals surface area contributed by atoms with Crippen molar-refractivity contribution >= 4 is 38.2 Å². The van der Waals surface area contributed by atoms with Gasteiger partial charge in [-0.05, 0) is 47.9 Å². The van der Waals surface area contributed by atoms with Crippen molar-refractivity contribution < 1.29 is 8.42 Å². The van der Waals surface area contributed by atoms with Crippen LogP contribution in [0.3, 0.4) is 0 Å². The number of halogens is 1. The summed E-state index contributed by atoms with van der Waals surface area (Å²) in [6, 6.07) is 15.4. The first kappa shape index (κ1) is 18.0. The highest BCUT2D eigenvalue weighted by Gasteiger charge is 2.28. The SMILES string of the molecule is O=c1ccc2cc(S(=O)(=O)N3CCN(c4cccc(Cl)c4)CC3)ccc2[nH]1. The Balaban J connectivity index is 1.55. The quantitative estimate of drug-likeness (QED) is 0.729. The third-order valence-corrected chi connectivity index (χ3v) is 6.87. The maximum Gasteiger partial charge on any atom is 0.248 e. The van der Waals surface area contributed by atoms with Gasteiger partial charge in [0.1, 0.15) is 0 Å². The van der Waals surface area contributed by atoms with E-state index in [9.17, 15) is 13.2 Å². The van der Waals surface area contributed by atoms with Gasteiger partial charge in [0.05, 0.1) is 4.90 Å². The van der Waals surface area contributed by atoms with Crippen molar-refractivity contribution in [3.05, 3.63) is 70.0 Å². The van der Waals surface area contributed by atoms with Crippen molar-refractivity contribution in [3.8, 4) is 0 Å². The highest BCUT2D eigenvalue weighted by Crippen LogP contribution is 2.24. The van der Waals surface area contributed by atoms with Gasteiger partial charge in [-0.1, -0.05) is 17.7 Å². The normalized spacial score (nSPS) is 16.0. The van der Waals surface area contributed by atoms with Crippen molar-refractivity contribution in [2.45, 2.75) is 4.90 Å². The molecule has 4 rings (SSSR count). The second-order valence-electron chi connectivity index (χ2n) is 6.44. The zero-order valence-electron chi connectivity index (χ0n) is 14.4. The third kappa shape index (κ3) is 3.58. The van der Waals surface area contributed by atoms with E-state index in [0.29, 0.717) is 42.1 Å². The lowest BCUT2D eigenvalue weighted by molar-refractivity contribution is 0.385. The molecule has 1 aliphatic heterocycles. The summed E-state index contributed by atoms with van der Waals surface area (Å²) in [5.41, 5.74) is 1.40. The Morgan fingerprint density at radius 3 is 2.44 bits per heavy atom. The van der Waals surface area contributed by atoms with Gasteiger partial charge in [-0.3, -0.25) is 4.79 Å². The first-order chi connectivity index (χ1) is 12.9. The smallest absolute Gasteiger partial charge is 0.248 e. The number of fused-ring (bicyclic) bond motifs is 1. The fourth-order valence-electron chi connectivity index (χ4n) is 3.30. The van der Waals surface area contributed by atoms with Crippen LogP contribution >= 0.6 is 11.6 Å². The van der Waals surface area contributed by atoms with Crippen molar-refractivity contribution in [1.29, 1.82) is 0 Å². The predicted octanol–water partition coefficient (Wildman–Crippen LogP) is 2.69. The Morgan fingerprint density at radius 1 is 0.926 bits per heavy atom. The standard InChI is InChI=1S/C19H18ClN3O3S/c20-15-2-1-3-16(13-15)22-8-10-23(11-9-22)27(25,26)17-5-6-18-14(12-17)4-7-19(24)21-18/h1-7,12-13H,8-11H2,(H,21,24). The molecule has 140 valence electrons. The van der Waals surface area contributed by atoms with Crippen molar-refractivity contribution in [2.24, 2.45) is 0 Å². The number of sulfonamides is 1. The van der Waals surface area contributed by atoms with Gasteiger partial charge < -0.3 is 9.88 Å². The summed E-state index contributed by atoms with van der Waals surface area (Å²) in [5, 5.41) is 1.35. The van der Waals surface area contributed by atoms with E-state index in [1.807, 2.05) is 24.3 Å². The molecule has 2 aromatic carbocycles. The van der Waals surface area contributed by atoms with Crippen LogP contribution < -0.4 is 10.5 Å². The van der Waals surface area contributed by atoms with Crippen LogP contribution in [0.2, 0.25) is 5.02 Å². The highest BCUT2D eigenvalue weighted by molar-refractivity contribution is 7.89. The highest BCUT2D eigenvalue weighted by atomic mass is 35.5. The number of nitrogens with zero attached hydrogens (tertiary/aromatic N) is 2. The summed E-state index contributed by atoms with van der Waals surface area (Å²) in [6.07, 6.45) is 0. The molecule has 0 radical (unpaired) electrons. The monoisotopic (exact) mass is 403 g/mol. The maximum absolute atomic E-state index is 13.0. The lowest BCUT2D eigenvalue weighted by atomic mass is 10.2. The van der Waals surface area contributed by atoms with Crippen LogP contribution in [0, 0.1) is 0 Å². The van der Waals surface area contributed by atoms with E-state index < -0.39 is 10.0 Å². The van der Waals surface area contributed by atoms with Gasteiger partial charge in [0, 0.05) is 48.5 Å². The fraction of sp³-hybridized carbons (Fsp3) is 0.211. The van der Waals surface area contributed by atoms with Crippen LogP contribution in [0.4, 0.5) is 5.69 Å². The number of H-pyrrole nitrogens is 1. The lowest BCUT2D eigenvalue weighted by Gasteiger charge is -2.35. The first-order valence-electron chi connectivity index (χ1n) is 8.57. The van der Waals surface area contributed by atoms with Gasteiger partial charge >= 0.3 is 0 Å². The number of anilines is 1. The van der Waals surface area contributed by atoms with E-state index in [1.165, 1.54) is 16.4 Å². The molecule has 0 aliphatic carbocycles. The molecule has 0 atom stereocenters. The van der Waals surface area contributed by atoms with E-state index >= 15 is 0 Å². The molecule has 0 amide bonds. The van der Waals surface area contributed by atoms with E-state index in [-0.39, 0.29) is 10.5 Å². The number of pyridine rings is 1. The summed E-state index contributed by atoms with van der Waals surface area (Å²) >= 11 is 6.05. The Hall–Kier alpha value is -2.35. The summed E-state index contributed by atoms with van der Waals surface area (Å²) in [7, 11) is -3.59. The molecule has 0 saturated carbocycles. The molecule has 1 fully saturated rings. The number of hydrogen-bond donors (Lipinski definition) is 1. The van der Waals surface area contributed by atoms with E-state index in [2.05, 4.69) is 9.88 Å². The minimum Gasteiger partial charge on any atom is -0.369 e. The second-order valence-corrected chi connectivity index (χ2v) is 8.82. The molecular weight excluding hydrogens is 386 g/mol. The largest absolute Gasteiger partial charge is 0.369 e. The molecule has 0 bridgehead atoms. The van der Waals surface area contributed by atoms with Gasteiger partial charge in [-0.2, -0.15) is 4.31 Å². The molecule has 0 unspecified atom stereocenters. The number of piperazine rings is 1. The van der Waals surface area contributed by atoms with Crippen LogP contribution in [0.5, 0.6) is 0 Å². The van der Waals surface area contributed by atoms with Crippen LogP contribution in [0.15, 0.2) is 64.3 Å². The van der Waals surface area contributed by atoms with Crippen LogP contribution in [0.25, 0.3) is 10.9 Å². The number of aromatic nitrogens is 1. The van der Waals surface area contributed by atoms with Crippen LogP contribution in [-0.4, -0.2) is 43.9 Å². The first-order valence-corrected chi connectivity index (χ1v) is 10.4. The molecule has 3 aromatic rings. The van der Waals surface area contributed by atoms with Gasteiger partial charge in [0.15, 0.2) is 0 Å². The molecule has 6 nitrogen and oxygen atoms in total. The van der Waals surface area contributed by atoms with Crippen LogP contribution in [0.1, 0.15) is 0 Å². The molecule has 1 aromatic heterocycles. The molecule has 1 aliphatic rings. The molecule has 27 heavy (non-hydrogen) atoms. The molecule has 1 saturated heterocycles. The topological polar surface area (TPSA) is 73.5 Å². The average Bonchev–Trinajstić information content (AvgIpc) is 2.67. The van der Waals surface area contributed by atoms with Crippen molar-refractivity contribution in [1.82, 2.24) is 9.29 Å². The van der Waals surface area contributed by atoms with E-state index in [4.69, 9.17) is 11.6 Å². The Bertz CT molecular complexity index is 1150. The zero-order chi connectivity index (χ0) is 19.0. The van der Waals surface area contributed by atoms with Gasteiger partial charge in [0.25, 0.3) is 0 Å². The minimum atomic E-state index is -3.59. The Kier molecular flexibility index (Phi) is 4.67. The van der Waals surface area contributed by atoms with Crippen LogP contribution in [-0.2, 0) is 10.0 Å². The molecular formula is C19H18ClN3O3S. The predicted molar refractivity (Wildman–Crippen MR) is 107 cm³/mol. The molecule has 1 N–H and O–H groups in total. The maximum atomic E-state index is 13.0. The third-order valence-electron chi connectivity index (χ3n) is 4.74. The van der Waals surface area contributed by atoms with Crippen molar-refractivity contribution in [2.75, 3.05) is 31.1 Å². The molecule has 2 heterocycles. The summed E-state index contributed by atoms with van der Waals surface area (Å²) in [5.74, 6) is 0. The van der Waals surface area contributed by atoms with Gasteiger partial charge in [0.2, 0.25) is 15.6 Å². The molecule has 0 spiro atoms.